The van der Waals surface area contributed by atoms with Crippen LogP contribution in [0.25, 0.3) is 0 Å². The van der Waals surface area contributed by atoms with E-state index in [2.05, 4.69) is 30.3 Å². The molecule has 0 radical (unpaired) electrons. The fourth-order valence-corrected chi connectivity index (χ4v) is 1.47. The maximum absolute atomic E-state index is 5.32. The molecule has 84 valence electrons. The highest BCUT2D eigenvalue weighted by atomic mass is 32.1. The van der Waals surface area contributed by atoms with Crippen LogP contribution in [0.15, 0.2) is 54.6 Å². The Kier molecular flexibility index (Phi) is 6.19. The van der Waals surface area contributed by atoms with Crippen LogP contribution >= 0.6 is 12.2 Å². The number of hydrogen-bond donors (Lipinski definition) is 1. The van der Waals surface area contributed by atoms with E-state index in [1.165, 1.54) is 12.0 Å². The zero-order valence-electron chi connectivity index (χ0n) is 9.30. The van der Waals surface area contributed by atoms with Gasteiger partial charge in [-0.1, -0.05) is 60.8 Å². The van der Waals surface area contributed by atoms with E-state index in [1.807, 2.05) is 18.2 Å². The average Bonchev–Trinajstić information content (AvgIpc) is 2.29. The fraction of sp³-hybridized carbons (Fsp3) is 0.214. The van der Waals surface area contributed by atoms with E-state index in [0.717, 1.165) is 12.8 Å². The monoisotopic (exact) mass is 231 g/mol. The lowest BCUT2D eigenvalue weighted by Gasteiger charge is -1.97. The largest absolute Gasteiger partial charge is 0.390 e. The van der Waals surface area contributed by atoms with Gasteiger partial charge >= 0.3 is 0 Å². The molecule has 16 heavy (non-hydrogen) atoms. The third-order valence-corrected chi connectivity index (χ3v) is 2.32. The summed E-state index contributed by atoms with van der Waals surface area (Å²) < 4.78 is 0. The number of benzene rings is 1. The van der Waals surface area contributed by atoms with Crippen LogP contribution in [0.5, 0.6) is 0 Å². The molecule has 0 aliphatic carbocycles. The topological polar surface area (TPSA) is 26.0 Å². The molecule has 0 spiro atoms. The summed E-state index contributed by atoms with van der Waals surface area (Å²) in [5, 5.41) is 0. The molecule has 0 heterocycles. The van der Waals surface area contributed by atoms with E-state index in [4.69, 9.17) is 18.0 Å². The number of aryl methyl sites for hydroxylation is 1. The normalized spacial score (nSPS) is 11.2. The number of hydrogen-bond acceptors (Lipinski definition) is 1. The second kappa shape index (κ2) is 7.83. The molecule has 0 unspecified atom stereocenters. The Morgan fingerprint density at radius 1 is 1.19 bits per heavy atom. The minimum Gasteiger partial charge on any atom is -0.390 e. The first-order chi connectivity index (χ1) is 7.79. The van der Waals surface area contributed by atoms with Gasteiger partial charge in [-0.3, -0.25) is 0 Å². The van der Waals surface area contributed by atoms with Crippen molar-refractivity contribution in [2.75, 3.05) is 0 Å². The van der Waals surface area contributed by atoms with Gasteiger partial charge in [0.2, 0.25) is 0 Å². The van der Waals surface area contributed by atoms with Crippen LogP contribution in [0.3, 0.4) is 0 Å². The molecular formula is C14H17NS. The quantitative estimate of drug-likeness (QED) is 0.351. The summed E-state index contributed by atoms with van der Waals surface area (Å²) in [6, 6.07) is 10.5. The molecular weight excluding hydrogens is 214 g/mol. The van der Waals surface area contributed by atoms with Gasteiger partial charge in [-0.15, -0.1) is 0 Å². The van der Waals surface area contributed by atoms with E-state index < -0.39 is 0 Å². The second-order valence-corrected chi connectivity index (χ2v) is 4.04. The van der Waals surface area contributed by atoms with E-state index in [9.17, 15) is 0 Å². The van der Waals surface area contributed by atoms with E-state index >= 15 is 0 Å². The number of thiocarbonyl (C=S) groups is 1. The van der Waals surface area contributed by atoms with Gasteiger partial charge in [0.1, 0.15) is 0 Å². The lowest BCUT2D eigenvalue weighted by molar-refractivity contribution is 0.843. The first-order valence-electron chi connectivity index (χ1n) is 5.45. The Morgan fingerprint density at radius 2 is 1.94 bits per heavy atom. The highest BCUT2D eigenvalue weighted by molar-refractivity contribution is 7.80. The maximum Gasteiger partial charge on any atom is 0.0961 e. The molecule has 0 aliphatic heterocycles. The van der Waals surface area contributed by atoms with Crippen molar-refractivity contribution in [3.8, 4) is 0 Å². The average molecular weight is 231 g/mol. The third kappa shape index (κ3) is 6.14. The summed E-state index contributed by atoms with van der Waals surface area (Å²) in [6.07, 6.45) is 11.1. The number of rotatable bonds is 6. The summed E-state index contributed by atoms with van der Waals surface area (Å²) in [7, 11) is 0. The highest BCUT2D eigenvalue weighted by Crippen LogP contribution is 2.04. The first-order valence-corrected chi connectivity index (χ1v) is 5.86. The predicted octanol–water partition coefficient (Wildman–Crippen LogP) is 3.41. The summed E-state index contributed by atoms with van der Waals surface area (Å²) >= 11 is 4.72. The van der Waals surface area contributed by atoms with Crippen LogP contribution in [0, 0.1) is 0 Å². The summed E-state index contributed by atoms with van der Waals surface area (Å²) in [5.74, 6) is 0. The van der Waals surface area contributed by atoms with Crippen molar-refractivity contribution in [3.05, 3.63) is 60.2 Å². The summed E-state index contributed by atoms with van der Waals surface area (Å²) in [4.78, 5) is 0.425. The van der Waals surface area contributed by atoms with Crippen LogP contribution in [0.2, 0.25) is 0 Å². The molecule has 1 rings (SSSR count). The lowest BCUT2D eigenvalue weighted by atomic mass is 10.1. The molecule has 0 fully saturated rings. The zero-order chi connectivity index (χ0) is 11.6. The number of allylic oxidation sites excluding steroid dienone is 3. The van der Waals surface area contributed by atoms with Gasteiger partial charge in [-0.25, -0.2) is 0 Å². The molecule has 0 amide bonds. The van der Waals surface area contributed by atoms with Crippen molar-refractivity contribution >= 4 is 17.2 Å². The van der Waals surface area contributed by atoms with Crippen molar-refractivity contribution in [2.24, 2.45) is 5.73 Å². The molecule has 0 saturated heterocycles. The number of unbranched alkanes of at least 4 members (excludes halogenated alkanes) is 1. The van der Waals surface area contributed by atoms with Crippen LogP contribution < -0.4 is 5.73 Å². The van der Waals surface area contributed by atoms with Crippen molar-refractivity contribution in [1.29, 1.82) is 0 Å². The van der Waals surface area contributed by atoms with Gasteiger partial charge in [0.25, 0.3) is 0 Å². The first kappa shape index (κ1) is 12.7. The molecule has 0 aliphatic rings. The van der Waals surface area contributed by atoms with Crippen LogP contribution in [0.4, 0.5) is 0 Å². The standard InChI is InChI=1S/C14H17NS/c15-14(16)12-8-3-1-2-5-9-13-10-6-4-7-11-13/h1,3-4,6-8,10-12H,2,5,9H2,(H2,15,16). The molecule has 1 nitrogen and oxygen atoms in total. The molecule has 2 N–H and O–H groups in total. The van der Waals surface area contributed by atoms with E-state index in [0.29, 0.717) is 4.99 Å². The third-order valence-electron chi connectivity index (χ3n) is 2.19. The highest BCUT2D eigenvalue weighted by Gasteiger charge is 1.89. The Balaban J connectivity index is 2.15. The van der Waals surface area contributed by atoms with Crippen molar-refractivity contribution < 1.29 is 0 Å². The van der Waals surface area contributed by atoms with Gasteiger partial charge in [0.15, 0.2) is 0 Å². The fourth-order valence-electron chi connectivity index (χ4n) is 1.39. The zero-order valence-corrected chi connectivity index (χ0v) is 10.1. The minimum atomic E-state index is 0.425. The smallest absolute Gasteiger partial charge is 0.0961 e. The van der Waals surface area contributed by atoms with Gasteiger partial charge in [-0.05, 0) is 30.9 Å². The molecule has 1 aromatic carbocycles. The Morgan fingerprint density at radius 3 is 2.62 bits per heavy atom. The second-order valence-electron chi connectivity index (χ2n) is 3.57. The minimum absolute atomic E-state index is 0.425. The Bertz CT molecular complexity index is 366. The molecule has 0 atom stereocenters. The lowest BCUT2D eigenvalue weighted by Crippen LogP contribution is -2.01. The van der Waals surface area contributed by atoms with Crippen molar-refractivity contribution in [2.45, 2.75) is 19.3 Å². The molecule has 1 aromatic rings. The van der Waals surface area contributed by atoms with Crippen LogP contribution in [-0.2, 0) is 6.42 Å². The molecule has 2 heteroatoms. The predicted molar refractivity (Wildman–Crippen MR) is 74.4 cm³/mol. The Labute approximate surface area is 103 Å². The SMILES string of the molecule is NC(=S)C=CC=CCCCc1ccccc1. The van der Waals surface area contributed by atoms with Crippen LogP contribution in [0.1, 0.15) is 18.4 Å². The van der Waals surface area contributed by atoms with E-state index in [1.54, 1.807) is 6.08 Å². The Hall–Kier alpha value is -1.41. The van der Waals surface area contributed by atoms with Crippen molar-refractivity contribution in [1.82, 2.24) is 0 Å². The van der Waals surface area contributed by atoms with E-state index in [-0.39, 0.29) is 0 Å². The van der Waals surface area contributed by atoms with Crippen LogP contribution in [-0.4, -0.2) is 4.99 Å². The summed E-state index contributed by atoms with van der Waals surface area (Å²) in [5.41, 5.74) is 6.72. The van der Waals surface area contributed by atoms with Gasteiger partial charge in [-0.2, -0.15) is 0 Å². The molecule has 0 bridgehead atoms. The number of nitrogens with two attached hydrogens (primary N) is 1. The molecule has 0 saturated carbocycles. The van der Waals surface area contributed by atoms with Gasteiger partial charge in [0, 0.05) is 0 Å². The van der Waals surface area contributed by atoms with Gasteiger partial charge in [0.05, 0.1) is 4.99 Å². The van der Waals surface area contributed by atoms with Crippen molar-refractivity contribution in [3.63, 3.8) is 0 Å². The van der Waals surface area contributed by atoms with Gasteiger partial charge < -0.3 is 5.73 Å². The summed E-state index contributed by atoms with van der Waals surface area (Å²) in [6.45, 7) is 0. The molecule has 0 aromatic heterocycles. The maximum atomic E-state index is 5.32.